The number of hydrogen-bond acceptors (Lipinski definition) is 4. The minimum atomic E-state index is -0.225. The second-order valence-electron chi connectivity index (χ2n) is 6.95. The van der Waals surface area contributed by atoms with Crippen LogP contribution in [-0.4, -0.2) is 30.9 Å². The van der Waals surface area contributed by atoms with Gasteiger partial charge in [0.1, 0.15) is 6.04 Å². The first-order valence-electron chi connectivity index (χ1n) is 8.78. The van der Waals surface area contributed by atoms with E-state index in [0.717, 1.165) is 23.0 Å². The molecule has 0 aromatic heterocycles. The van der Waals surface area contributed by atoms with Crippen molar-refractivity contribution in [1.29, 1.82) is 0 Å². The molecule has 0 aliphatic carbocycles. The van der Waals surface area contributed by atoms with Gasteiger partial charge in [-0.2, -0.15) is 0 Å². The predicted octanol–water partition coefficient (Wildman–Crippen LogP) is 2.73. The van der Waals surface area contributed by atoms with Crippen LogP contribution in [0.2, 0.25) is 0 Å². The number of nitrogens with zero attached hydrogens (tertiary/aromatic N) is 1. The Kier molecular flexibility index (Phi) is 6.43. The van der Waals surface area contributed by atoms with Crippen LogP contribution in [0.4, 0.5) is 0 Å². The lowest BCUT2D eigenvalue weighted by atomic mass is 10.0. The highest BCUT2D eigenvalue weighted by Gasteiger charge is 2.29. The summed E-state index contributed by atoms with van der Waals surface area (Å²) in [6.07, 6.45) is 0.731. The standard InChI is InChI=1S/C20H25BrN4O/c1-25(2)13-15-5-3-14(4-6-15)12-22-20(26)19-11-18(23-24-19)16-7-9-17(21)10-8-16/h3-10,18-19,23-24H,11-13H2,1-2H3,(H,22,26). The molecule has 0 radical (unpaired) electrons. The molecule has 6 heteroatoms. The van der Waals surface area contributed by atoms with E-state index in [0.29, 0.717) is 6.54 Å². The van der Waals surface area contributed by atoms with Crippen molar-refractivity contribution in [1.82, 2.24) is 21.1 Å². The van der Waals surface area contributed by atoms with Crippen LogP contribution < -0.4 is 16.2 Å². The van der Waals surface area contributed by atoms with E-state index in [1.165, 1.54) is 11.1 Å². The fourth-order valence-electron chi connectivity index (χ4n) is 3.08. The lowest BCUT2D eigenvalue weighted by molar-refractivity contribution is -0.123. The van der Waals surface area contributed by atoms with Gasteiger partial charge < -0.3 is 10.2 Å². The molecule has 0 spiro atoms. The number of benzene rings is 2. The first-order valence-corrected chi connectivity index (χ1v) is 9.57. The summed E-state index contributed by atoms with van der Waals surface area (Å²) in [5.41, 5.74) is 9.87. The van der Waals surface area contributed by atoms with Crippen LogP contribution in [-0.2, 0) is 17.9 Å². The Bertz CT molecular complexity index is 730. The molecule has 3 N–H and O–H groups in total. The van der Waals surface area contributed by atoms with Crippen LogP contribution in [0.5, 0.6) is 0 Å². The van der Waals surface area contributed by atoms with Gasteiger partial charge in [-0.25, -0.2) is 10.9 Å². The lowest BCUT2D eigenvalue weighted by Crippen LogP contribution is -2.42. The Balaban J connectivity index is 1.49. The van der Waals surface area contributed by atoms with E-state index in [1.807, 2.05) is 12.1 Å². The summed E-state index contributed by atoms with van der Waals surface area (Å²) in [6, 6.07) is 16.5. The zero-order chi connectivity index (χ0) is 18.5. The van der Waals surface area contributed by atoms with Crippen molar-refractivity contribution >= 4 is 21.8 Å². The van der Waals surface area contributed by atoms with Gasteiger partial charge in [0.25, 0.3) is 0 Å². The van der Waals surface area contributed by atoms with Crippen molar-refractivity contribution in [3.63, 3.8) is 0 Å². The zero-order valence-corrected chi connectivity index (χ0v) is 16.7. The molecule has 0 bridgehead atoms. The molecule has 1 amide bonds. The molecule has 2 aromatic rings. The van der Waals surface area contributed by atoms with E-state index in [1.54, 1.807) is 0 Å². The molecule has 138 valence electrons. The first-order chi connectivity index (χ1) is 12.5. The Labute approximate surface area is 163 Å². The maximum atomic E-state index is 12.4. The number of carbonyl (C=O) groups is 1. The average molecular weight is 417 g/mol. The molecule has 1 saturated heterocycles. The Morgan fingerprint density at radius 2 is 1.73 bits per heavy atom. The summed E-state index contributed by atoms with van der Waals surface area (Å²) in [5.74, 6) is 0.0227. The molecule has 5 nitrogen and oxygen atoms in total. The van der Waals surface area contributed by atoms with E-state index in [9.17, 15) is 4.79 Å². The smallest absolute Gasteiger partial charge is 0.238 e. The molecule has 1 aliphatic heterocycles. The SMILES string of the molecule is CN(C)Cc1ccc(CNC(=O)C2CC(c3ccc(Br)cc3)NN2)cc1. The van der Waals surface area contributed by atoms with Crippen LogP contribution in [0, 0.1) is 0 Å². The fourth-order valence-corrected chi connectivity index (χ4v) is 3.35. The molecule has 3 rings (SSSR count). The number of hydrogen-bond donors (Lipinski definition) is 3. The van der Waals surface area contributed by atoms with Crippen molar-refractivity contribution in [2.45, 2.75) is 31.6 Å². The quantitative estimate of drug-likeness (QED) is 0.677. The largest absolute Gasteiger partial charge is 0.351 e. The van der Waals surface area contributed by atoms with Crippen LogP contribution in [0.1, 0.15) is 29.2 Å². The Hall–Kier alpha value is -1.73. The van der Waals surface area contributed by atoms with E-state index in [-0.39, 0.29) is 18.0 Å². The molecular formula is C20H25BrN4O. The lowest BCUT2D eigenvalue weighted by Gasteiger charge is -2.12. The summed E-state index contributed by atoms with van der Waals surface area (Å²) in [6.45, 7) is 1.46. The monoisotopic (exact) mass is 416 g/mol. The summed E-state index contributed by atoms with van der Waals surface area (Å²) in [5, 5.41) is 3.02. The van der Waals surface area contributed by atoms with Crippen LogP contribution in [0.3, 0.4) is 0 Å². The normalized spacial score (nSPS) is 19.7. The van der Waals surface area contributed by atoms with Gasteiger partial charge in [0.15, 0.2) is 0 Å². The van der Waals surface area contributed by atoms with Gasteiger partial charge in [-0.1, -0.05) is 52.3 Å². The van der Waals surface area contributed by atoms with Gasteiger partial charge in [-0.15, -0.1) is 0 Å². The Morgan fingerprint density at radius 1 is 1.08 bits per heavy atom. The Morgan fingerprint density at radius 3 is 2.38 bits per heavy atom. The third-order valence-corrected chi connectivity index (χ3v) is 5.01. The molecule has 2 aromatic carbocycles. The molecule has 26 heavy (non-hydrogen) atoms. The number of rotatable bonds is 6. The van der Waals surface area contributed by atoms with Crippen LogP contribution in [0.25, 0.3) is 0 Å². The maximum Gasteiger partial charge on any atom is 0.238 e. The van der Waals surface area contributed by atoms with Gasteiger partial charge in [-0.3, -0.25) is 4.79 Å². The third kappa shape index (κ3) is 5.14. The van der Waals surface area contributed by atoms with Gasteiger partial charge >= 0.3 is 0 Å². The van der Waals surface area contributed by atoms with Crippen molar-refractivity contribution in [2.75, 3.05) is 14.1 Å². The highest BCUT2D eigenvalue weighted by atomic mass is 79.9. The molecule has 2 unspecified atom stereocenters. The van der Waals surface area contributed by atoms with Gasteiger partial charge in [-0.05, 0) is 49.3 Å². The molecular weight excluding hydrogens is 392 g/mol. The van der Waals surface area contributed by atoms with Gasteiger partial charge in [0.05, 0.1) is 0 Å². The topological polar surface area (TPSA) is 56.4 Å². The highest BCUT2D eigenvalue weighted by Crippen LogP contribution is 2.23. The number of carbonyl (C=O) groups excluding carboxylic acids is 1. The molecule has 2 atom stereocenters. The minimum Gasteiger partial charge on any atom is -0.351 e. The van der Waals surface area contributed by atoms with Gasteiger partial charge in [0, 0.05) is 23.6 Å². The molecule has 1 heterocycles. The number of nitrogens with one attached hydrogen (secondary N) is 3. The number of halogens is 1. The van der Waals surface area contributed by atoms with Crippen molar-refractivity contribution < 1.29 is 4.79 Å². The predicted molar refractivity (Wildman–Crippen MR) is 107 cm³/mol. The maximum absolute atomic E-state index is 12.4. The van der Waals surface area contributed by atoms with Crippen molar-refractivity contribution in [3.8, 4) is 0 Å². The number of hydrazine groups is 1. The summed E-state index contributed by atoms with van der Waals surface area (Å²) >= 11 is 3.45. The number of amides is 1. The molecule has 1 aliphatic rings. The van der Waals surface area contributed by atoms with Crippen LogP contribution >= 0.6 is 15.9 Å². The van der Waals surface area contributed by atoms with E-state index >= 15 is 0 Å². The molecule has 0 saturated carbocycles. The second kappa shape index (κ2) is 8.77. The highest BCUT2D eigenvalue weighted by molar-refractivity contribution is 9.10. The second-order valence-corrected chi connectivity index (χ2v) is 7.87. The van der Waals surface area contributed by atoms with Crippen LogP contribution in [0.15, 0.2) is 53.0 Å². The van der Waals surface area contributed by atoms with Gasteiger partial charge in [0.2, 0.25) is 5.91 Å². The average Bonchev–Trinajstić information content (AvgIpc) is 3.11. The summed E-state index contributed by atoms with van der Waals surface area (Å²) in [4.78, 5) is 14.6. The van der Waals surface area contributed by atoms with Crippen molar-refractivity contribution in [2.24, 2.45) is 0 Å². The zero-order valence-electron chi connectivity index (χ0n) is 15.1. The first kappa shape index (κ1) is 19.0. The molecule has 1 fully saturated rings. The van der Waals surface area contributed by atoms with E-state index in [2.05, 4.69) is 87.5 Å². The fraction of sp³-hybridized carbons (Fsp3) is 0.350. The minimum absolute atomic E-state index is 0.0227. The van der Waals surface area contributed by atoms with E-state index in [4.69, 9.17) is 0 Å². The third-order valence-electron chi connectivity index (χ3n) is 4.48. The van der Waals surface area contributed by atoms with Crippen molar-refractivity contribution in [3.05, 3.63) is 69.7 Å². The summed E-state index contributed by atoms with van der Waals surface area (Å²) < 4.78 is 1.05. The summed E-state index contributed by atoms with van der Waals surface area (Å²) in [7, 11) is 4.11. The van der Waals surface area contributed by atoms with E-state index < -0.39 is 0 Å².